The smallest absolute Gasteiger partial charge is 0.222 e. The van der Waals surface area contributed by atoms with E-state index in [1.165, 1.54) is 10.9 Å². The minimum absolute atomic E-state index is 0.0575. The van der Waals surface area contributed by atoms with Gasteiger partial charge in [-0.3, -0.25) is 14.7 Å². The summed E-state index contributed by atoms with van der Waals surface area (Å²) in [5.74, 6) is 0.220. The molecule has 1 aromatic carbocycles. The van der Waals surface area contributed by atoms with Gasteiger partial charge in [0.2, 0.25) is 5.91 Å². The summed E-state index contributed by atoms with van der Waals surface area (Å²) >= 11 is 3.60. The normalized spacial score (nSPS) is 16.7. The fourth-order valence-corrected chi connectivity index (χ4v) is 3.72. The number of hydrogen-bond acceptors (Lipinski definition) is 3. The molecule has 1 N–H and O–H groups in total. The van der Waals surface area contributed by atoms with Crippen LogP contribution in [-0.4, -0.2) is 34.9 Å². The predicted octanol–water partition coefficient (Wildman–Crippen LogP) is 3.73. The Kier molecular flexibility index (Phi) is 5.51. The number of carbonyl (C=O) groups excluding carboxylic acids is 1. The molecule has 0 bridgehead atoms. The molecule has 24 heavy (non-hydrogen) atoms. The number of rotatable bonds is 4. The SMILES string of the molecule is CC(C)C(=O)NC1CCN(Cc2cc(Br)cc3cccnc23)CC1. The van der Waals surface area contributed by atoms with Gasteiger partial charge in [-0.1, -0.05) is 35.8 Å². The second kappa shape index (κ2) is 7.62. The number of piperidine rings is 1. The third-order valence-electron chi connectivity index (χ3n) is 4.60. The van der Waals surface area contributed by atoms with Crippen LogP contribution >= 0.6 is 15.9 Å². The molecule has 128 valence electrons. The van der Waals surface area contributed by atoms with Crippen LogP contribution in [0.5, 0.6) is 0 Å². The first-order valence-corrected chi connectivity index (χ1v) is 9.38. The fraction of sp³-hybridized carbons (Fsp3) is 0.474. The molecular weight excluding hydrogens is 366 g/mol. The lowest BCUT2D eigenvalue weighted by atomic mass is 10.0. The Bertz CT molecular complexity index is 724. The highest BCUT2D eigenvalue weighted by Gasteiger charge is 2.22. The first-order valence-electron chi connectivity index (χ1n) is 8.59. The average molecular weight is 390 g/mol. The van der Waals surface area contributed by atoms with Crippen molar-refractivity contribution >= 4 is 32.7 Å². The van der Waals surface area contributed by atoms with E-state index in [9.17, 15) is 4.79 Å². The number of nitrogens with one attached hydrogen (secondary N) is 1. The first-order chi connectivity index (χ1) is 11.5. The van der Waals surface area contributed by atoms with Crippen molar-refractivity contribution in [2.75, 3.05) is 13.1 Å². The van der Waals surface area contributed by atoms with Crippen LogP contribution in [-0.2, 0) is 11.3 Å². The van der Waals surface area contributed by atoms with Crippen LogP contribution in [0.15, 0.2) is 34.9 Å². The Balaban J connectivity index is 1.64. The van der Waals surface area contributed by atoms with E-state index in [4.69, 9.17) is 0 Å². The van der Waals surface area contributed by atoms with E-state index < -0.39 is 0 Å². The summed E-state index contributed by atoms with van der Waals surface area (Å²) in [5.41, 5.74) is 2.33. The van der Waals surface area contributed by atoms with Crippen LogP contribution in [0.4, 0.5) is 0 Å². The summed E-state index contributed by atoms with van der Waals surface area (Å²) in [5, 5.41) is 4.32. The van der Waals surface area contributed by atoms with Gasteiger partial charge in [0.15, 0.2) is 0 Å². The van der Waals surface area contributed by atoms with E-state index in [1.54, 1.807) is 0 Å². The third-order valence-corrected chi connectivity index (χ3v) is 5.06. The summed E-state index contributed by atoms with van der Waals surface area (Å²) in [6, 6.07) is 8.67. The van der Waals surface area contributed by atoms with Gasteiger partial charge < -0.3 is 5.32 Å². The molecule has 1 amide bonds. The highest BCUT2D eigenvalue weighted by atomic mass is 79.9. The summed E-state index contributed by atoms with van der Waals surface area (Å²) in [6.07, 6.45) is 3.88. The van der Waals surface area contributed by atoms with Crippen LogP contribution in [0, 0.1) is 5.92 Å². The molecule has 2 heterocycles. The van der Waals surface area contributed by atoms with Crippen LogP contribution in [0.2, 0.25) is 0 Å². The monoisotopic (exact) mass is 389 g/mol. The molecule has 1 aliphatic heterocycles. The number of halogens is 1. The zero-order chi connectivity index (χ0) is 17.1. The Morgan fingerprint density at radius 2 is 2.12 bits per heavy atom. The summed E-state index contributed by atoms with van der Waals surface area (Å²) in [7, 11) is 0. The van der Waals surface area contributed by atoms with E-state index in [2.05, 4.69) is 49.3 Å². The quantitative estimate of drug-likeness (QED) is 0.865. The molecule has 2 aromatic rings. The highest BCUT2D eigenvalue weighted by Crippen LogP contribution is 2.25. The maximum absolute atomic E-state index is 11.8. The molecule has 1 fully saturated rings. The first kappa shape index (κ1) is 17.4. The van der Waals surface area contributed by atoms with Gasteiger partial charge >= 0.3 is 0 Å². The van der Waals surface area contributed by atoms with Crippen molar-refractivity contribution in [1.29, 1.82) is 0 Å². The number of pyridine rings is 1. The van der Waals surface area contributed by atoms with Crippen molar-refractivity contribution in [2.24, 2.45) is 5.92 Å². The third kappa shape index (κ3) is 4.14. The molecule has 1 saturated heterocycles. The molecule has 1 aliphatic rings. The molecule has 4 nitrogen and oxygen atoms in total. The van der Waals surface area contributed by atoms with Crippen molar-refractivity contribution in [3.05, 3.63) is 40.5 Å². The Morgan fingerprint density at radius 3 is 2.83 bits per heavy atom. The topological polar surface area (TPSA) is 45.2 Å². The van der Waals surface area contributed by atoms with Crippen LogP contribution in [0.1, 0.15) is 32.3 Å². The zero-order valence-corrected chi connectivity index (χ0v) is 15.8. The van der Waals surface area contributed by atoms with Gasteiger partial charge in [0.05, 0.1) is 5.52 Å². The number of nitrogens with zero attached hydrogens (tertiary/aromatic N) is 2. The van der Waals surface area contributed by atoms with E-state index in [0.29, 0.717) is 6.04 Å². The lowest BCUT2D eigenvalue weighted by Gasteiger charge is -2.32. The van der Waals surface area contributed by atoms with Crippen molar-refractivity contribution in [3.63, 3.8) is 0 Å². The van der Waals surface area contributed by atoms with Gasteiger partial charge in [-0.2, -0.15) is 0 Å². The van der Waals surface area contributed by atoms with Crippen molar-refractivity contribution in [1.82, 2.24) is 15.2 Å². The van der Waals surface area contributed by atoms with Gasteiger partial charge in [0.1, 0.15) is 0 Å². The van der Waals surface area contributed by atoms with Gasteiger partial charge in [0, 0.05) is 47.6 Å². The van der Waals surface area contributed by atoms with Gasteiger partial charge in [-0.25, -0.2) is 0 Å². The largest absolute Gasteiger partial charge is 0.353 e. The average Bonchev–Trinajstić information content (AvgIpc) is 2.56. The maximum Gasteiger partial charge on any atom is 0.222 e. The fourth-order valence-electron chi connectivity index (χ4n) is 3.19. The van der Waals surface area contributed by atoms with Crippen LogP contribution in [0.3, 0.4) is 0 Å². The van der Waals surface area contributed by atoms with Crippen LogP contribution < -0.4 is 5.32 Å². The lowest BCUT2D eigenvalue weighted by Crippen LogP contribution is -2.45. The Hall–Kier alpha value is -1.46. The number of likely N-dealkylation sites (tertiary alicyclic amines) is 1. The number of carbonyl (C=O) groups is 1. The molecule has 0 atom stereocenters. The molecule has 1 aromatic heterocycles. The number of amides is 1. The second-order valence-corrected chi connectivity index (χ2v) is 7.77. The molecular formula is C19H24BrN3O. The van der Waals surface area contributed by atoms with E-state index in [1.807, 2.05) is 26.1 Å². The summed E-state index contributed by atoms with van der Waals surface area (Å²) < 4.78 is 1.09. The van der Waals surface area contributed by atoms with Crippen LogP contribution in [0.25, 0.3) is 10.9 Å². The van der Waals surface area contributed by atoms with Crippen molar-refractivity contribution in [3.8, 4) is 0 Å². The van der Waals surface area contributed by atoms with Gasteiger partial charge in [-0.15, -0.1) is 0 Å². The summed E-state index contributed by atoms with van der Waals surface area (Å²) in [6.45, 7) is 6.79. The molecule has 0 aliphatic carbocycles. The Morgan fingerprint density at radius 1 is 1.38 bits per heavy atom. The molecule has 0 unspecified atom stereocenters. The molecule has 0 spiro atoms. The van der Waals surface area contributed by atoms with Crippen molar-refractivity contribution < 1.29 is 4.79 Å². The number of fused-ring (bicyclic) bond motifs is 1. The predicted molar refractivity (Wildman–Crippen MR) is 101 cm³/mol. The molecule has 0 saturated carbocycles. The molecule has 0 radical (unpaired) electrons. The maximum atomic E-state index is 11.8. The minimum atomic E-state index is 0.0575. The minimum Gasteiger partial charge on any atom is -0.353 e. The van der Waals surface area contributed by atoms with Gasteiger partial charge in [-0.05, 0) is 36.6 Å². The summed E-state index contributed by atoms with van der Waals surface area (Å²) in [4.78, 5) is 18.8. The highest BCUT2D eigenvalue weighted by molar-refractivity contribution is 9.10. The number of benzene rings is 1. The second-order valence-electron chi connectivity index (χ2n) is 6.85. The number of hydrogen-bond donors (Lipinski definition) is 1. The molecule has 5 heteroatoms. The Labute approximate surface area is 151 Å². The zero-order valence-electron chi connectivity index (χ0n) is 14.3. The number of aromatic nitrogens is 1. The lowest BCUT2D eigenvalue weighted by molar-refractivity contribution is -0.125. The standard InChI is InChI=1S/C19H24BrN3O/c1-13(2)19(24)22-17-5-8-23(9-6-17)12-15-11-16(20)10-14-4-3-7-21-18(14)15/h3-4,7,10-11,13,17H,5-6,8-9,12H2,1-2H3,(H,22,24). The van der Waals surface area contributed by atoms with E-state index >= 15 is 0 Å². The van der Waals surface area contributed by atoms with E-state index in [0.717, 1.165) is 42.5 Å². The van der Waals surface area contributed by atoms with Crippen molar-refractivity contribution in [2.45, 2.75) is 39.3 Å². The molecule has 3 rings (SSSR count). The van der Waals surface area contributed by atoms with Gasteiger partial charge in [0.25, 0.3) is 0 Å². The van der Waals surface area contributed by atoms with E-state index in [-0.39, 0.29) is 11.8 Å².